The van der Waals surface area contributed by atoms with E-state index in [9.17, 15) is 9.59 Å². The van der Waals surface area contributed by atoms with Crippen LogP contribution in [0.5, 0.6) is 0 Å². The van der Waals surface area contributed by atoms with Gasteiger partial charge in [-0.1, -0.05) is 12.1 Å². The lowest BCUT2D eigenvalue weighted by Gasteiger charge is -2.43. The summed E-state index contributed by atoms with van der Waals surface area (Å²) < 4.78 is 1.87. The molecule has 6 heteroatoms. The molecule has 0 spiro atoms. The van der Waals surface area contributed by atoms with Crippen LogP contribution >= 0.6 is 0 Å². The highest BCUT2D eigenvalue weighted by Crippen LogP contribution is 2.37. The van der Waals surface area contributed by atoms with Gasteiger partial charge in [0.15, 0.2) is 0 Å². The second-order valence-corrected chi connectivity index (χ2v) is 8.06. The van der Waals surface area contributed by atoms with E-state index in [2.05, 4.69) is 17.1 Å². The molecule has 0 unspecified atom stereocenters. The monoisotopic (exact) mass is 396 g/mol. The van der Waals surface area contributed by atoms with Crippen LogP contribution in [0.2, 0.25) is 0 Å². The molecule has 2 aromatic heterocycles. The molecule has 4 heterocycles. The Bertz CT molecular complexity index is 1230. The lowest BCUT2D eigenvalue weighted by atomic mass is 9.82. The number of amides is 1. The minimum absolute atomic E-state index is 0.00236. The number of likely N-dealkylation sites (tertiary alicyclic amines) is 1. The molecule has 1 amide bonds. The van der Waals surface area contributed by atoms with Crippen LogP contribution in [0, 0.1) is 17.2 Å². The molecule has 2 aliphatic rings. The van der Waals surface area contributed by atoms with Gasteiger partial charge in [0.2, 0.25) is 0 Å². The van der Waals surface area contributed by atoms with Crippen molar-refractivity contribution >= 4 is 5.91 Å². The van der Waals surface area contributed by atoms with Crippen LogP contribution in [0.15, 0.2) is 65.7 Å². The van der Waals surface area contributed by atoms with E-state index in [1.54, 1.807) is 42.7 Å². The number of rotatable bonds is 2. The van der Waals surface area contributed by atoms with Crippen LogP contribution in [0.4, 0.5) is 0 Å². The third-order valence-corrected chi connectivity index (χ3v) is 6.08. The van der Waals surface area contributed by atoms with E-state index in [1.165, 1.54) is 0 Å². The van der Waals surface area contributed by atoms with Crippen LogP contribution < -0.4 is 5.56 Å². The van der Waals surface area contributed by atoms with Gasteiger partial charge in [0.1, 0.15) is 0 Å². The Labute approximate surface area is 174 Å². The molecule has 0 radical (unpaired) electrons. The summed E-state index contributed by atoms with van der Waals surface area (Å²) in [6.45, 7) is 1.82. The number of nitrogens with zero attached hydrogens (tertiary/aromatic N) is 4. The zero-order valence-electron chi connectivity index (χ0n) is 16.4. The van der Waals surface area contributed by atoms with Crippen molar-refractivity contribution in [1.29, 1.82) is 5.26 Å². The van der Waals surface area contributed by atoms with E-state index in [1.807, 2.05) is 21.6 Å². The molecule has 2 aliphatic heterocycles. The molecule has 0 aliphatic carbocycles. The molecule has 1 fully saturated rings. The Kier molecular flexibility index (Phi) is 4.44. The van der Waals surface area contributed by atoms with E-state index in [4.69, 9.17) is 5.26 Å². The Morgan fingerprint density at radius 3 is 2.77 bits per heavy atom. The average molecular weight is 396 g/mol. The minimum Gasteiger partial charge on any atom is -0.338 e. The van der Waals surface area contributed by atoms with Crippen LogP contribution in [0.3, 0.4) is 0 Å². The van der Waals surface area contributed by atoms with Crippen LogP contribution in [0.25, 0.3) is 11.1 Å². The van der Waals surface area contributed by atoms with Crippen molar-refractivity contribution in [1.82, 2.24) is 14.5 Å². The van der Waals surface area contributed by atoms with Gasteiger partial charge >= 0.3 is 0 Å². The van der Waals surface area contributed by atoms with Crippen molar-refractivity contribution in [3.05, 3.63) is 88.1 Å². The number of aromatic nitrogens is 2. The fraction of sp³-hybridized carbons (Fsp3) is 0.250. The molecule has 2 atom stereocenters. The largest absolute Gasteiger partial charge is 0.338 e. The Hall–Kier alpha value is -3.72. The topological polar surface area (TPSA) is 79.0 Å². The number of carbonyl (C=O) groups excluding carboxylic acids is 1. The molecule has 6 nitrogen and oxygen atoms in total. The number of hydrogen-bond donors (Lipinski definition) is 0. The standard InChI is InChI=1S/C24H20N4O2/c25-11-16-3-1-4-18(7-16)24(30)27-13-17-8-21(15-27)22-9-20(10-23(29)28(22)14-17)19-5-2-6-26-12-19/h1-7,9-10,12,17,21H,8,13-15H2/t17-,21+/m0/s1. The van der Waals surface area contributed by atoms with E-state index in [0.717, 1.165) is 23.2 Å². The highest BCUT2D eigenvalue weighted by molar-refractivity contribution is 5.94. The van der Waals surface area contributed by atoms with E-state index >= 15 is 0 Å². The first kappa shape index (κ1) is 18.3. The summed E-state index contributed by atoms with van der Waals surface area (Å²) in [6.07, 6.45) is 4.44. The fourth-order valence-electron chi connectivity index (χ4n) is 4.73. The molecular formula is C24H20N4O2. The maximum Gasteiger partial charge on any atom is 0.253 e. The van der Waals surface area contributed by atoms with Crippen molar-refractivity contribution < 1.29 is 4.79 Å². The summed E-state index contributed by atoms with van der Waals surface area (Å²) in [5, 5.41) is 9.13. The van der Waals surface area contributed by atoms with Gasteiger partial charge in [-0.05, 0) is 48.2 Å². The van der Waals surface area contributed by atoms with E-state index in [0.29, 0.717) is 30.8 Å². The van der Waals surface area contributed by atoms with Gasteiger partial charge in [-0.25, -0.2) is 0 Å². The zero-order valence-corrected chi connectivity index (χ0v) is 16.4. The van der Waals surface area contributed by atoms with Crippen LogP contribution in [-0.2, 0) is 6.54 Å². The van der Waals surface area contributed by atoms with Gasteiger partial charge in [-0.2, -0.15) is 5.26 Å². The van der Waals surface area contributed by atoms with Gasteiger partial charge < -0.3 is 9.47 Å². The first-order valence-electron chi connectivity index (χ1n) is 10.1. The molecule has 30 heavy (non-hydrogen) atoms. The second kappa shape index (κ2) is 7.27. The Morgan fingerprint density at radius 2 is 1.97 bits per heavy atom. The molecule has 2 bridgehead atoms. The Morgan fingerprint density at radius 1 is 1.07 bits per heavy atom. The first-order valence-corrected chi connectivity index (χ1v) is 10.1. The number of pyridine rings is 2. The predicted octanol–water partition coefficient (Wildman–Crippen LogP) is 3.04. The lowest BCUT2D eigenvalue weighted by Crippen LogP contribution is -2.49. The minimum atomic E-state index is -0.0546. The number of carbonyl (C=O) groups is 1. The quantitative estimate of drug-likeness (QED) is 0.667. The molecule has 5 rings (SSSR count). The smallest absolute Gasteiger partial charge is 0.253 e. The van der Waals surface area contributed by atoms with Crippen molar-refractivity contribution in [2.24, 2.45) is 5.92 Å². The summed E-state index contributed by atoms with van der Waals surface area (Å²) in [4.78, 5) is 32.0. The third-order valence-electron chi connectivity index (χ3n) is 6.08. The zero-order chi connectivity index (χ0) is 20.7. The van der Waals surface area contributed by atoms with Crippen molar-refractivity contribution in [3.8, 4) is 17.2 Å². The number of fused-ring (bicyclic) bond motifs is 4. The number of benzene rings is 1. The summed E-state index contributed by atoms with van der Waals surface area (Å²) in [5.74, 6) is 0.312. The number of hydrogen-bond acceptors (Lipinski definition) is 4. The van der Waals surface area contributed by atoms with Crippen molar-refractivity contribution in [3.63, 3.8) is 0 Å². The summed E-state index contributed by atoms with van der Waals surface area (Å²) in [5.41, 5.74) is 3.79. The average Bonchev–Trinajstić information content (AvgIpc) is 2.79. The Balaban J connectivity index is 1.48. The second-order valence-electron chi connectivity index (χ2n) is 8.06. The molecule has 0 N–H and O–H groups in total. The predicted molar refractivity (Wildman–Crippen MR) is 112 cm³/mol. The lowest BCUT2D eigenvalue weighted by molar-refractivity contribution is 0.0594. The van der Waals surface area contributed by atoms with Gasteiger partial charge in [0.25, 0.3) is 11.5 Å². The normalized spacial score (nSPS) is 19.6. The number of piperidine rings is 1. The molecule has 1 aromatic carbocycles. The van der Waals surface area contributed by atoms with Gasteiger partial charge in [0, 0.05) is 60.8 Å². The fourth-order valence-corrected chi connectivity index (χ4v) is 4.73. The third kappa shape index (κ3) is 3.18. The van der Waals surface area contributed by atoms with Gasteiger partial charge in [-0.3, -0.25) is 14.6 Å². The molecule has 148 valence electrons. The van der Waals surface area contributed by atoms with Crippen molar-refractivity contribution in [2.45, 2.75) is 18.9 Å². The molecule has 1 saturated heterocycles. The van der Waals surface area contributed by atoms with E-state index in [-0.39, 0.29) is 23.3 Å². The number of nitriles is 1. The van der Waals surface area contributed by atoms with E-state index < -0.39 is 0 Å². The molecular weight excluding hydrogens is 376 g/mol. The molecule has 0 saturated carbocycles. The van der Waals surface area contributed by atoms with Crippen molar-refractivity contribution in [2.75, 3.05) is 13.1 Å². The first-order chi connectivity index (χ1) is 14.6. The summed E-state index contributed by atoms with van der Waals surface area (Å²) in [7, 11) is 0. The molecule has 3 aromatic rings. The maximum absolute atomic E-state index is 13.1. The SMILES string of the molecule is N#Cc1cccc(C(=O)N2C[C@@H]3C[C@H](C2)c2cc(-c4cccnc4)cc(=O)n2C3)c1. The van der Waals surface area contributed by atoms with Gasteiger partial charge in [0.05, 0.1) is 11.6 Å². The maximum atomic E-state index is 13.1. The highest BCUT2D eigenvalue weighted by Gasteiger charge is 2.36. The highest BCUT2D eigenvalue weighted by atomic mass is 16.2. The summed E-state index contributed by atoms with van der Waals surface area (Å²) >= 11 is 0. The summed E-state index contributed by atoms with van der Waals surface area (Å²) in [6, 6.07) is 16.5. The van der Waals surface area contributed by atoms with Crippen LogP contribution in [-0.4, -0.2) is 33.4 Å². The van der Waals surface area contributed by atoms with Crippen LogP contribution in [0.1, 0.15) is 34.0 Å². The van der Waals surface area contributed by atoms with Gasteiger partial charge in [-0.15, -0.1) is 0 Å².